The lowest BCUT2D eigenvalue weighted by molar-refractivity contribution is 0.390. The van der Waals surface area contributed by atoms with Gasteiger partial charge < -0.3 is 4.42 Å². The molecule has 0 atom stereocenters. The first kappa shape index (κ1) is 16.9. The van der Waals surface area contributed by atoms with E-state index >= 15 is 0 Å². The van der Waals surface area contributed by atoms with Gasteiger partial charge in [0, 0.05) is 0 Å². The van der Waals surface area contributed by atoms with Crippen molar-refractivity contribution < 1.29 is 17.1 Å². The Balaban J connectivity index is 1.74. The molecule has 4 rings (SSSR count). The summed E-state index contributed by atoms with van der Waals surface area (Å²) >= 11 is 6.16. The molecule has 5 nitrogen and oxygen atoms in total. The van der Waals surface area contributed by atoms with E-state index in [-0.39, 0.29) is 15.8 Å². The number of aryl methyl sites for hydroxylation is 1. The van der Waals surface area contributed by atoms with Crippen molar-refractivity contribution in [1.82, 2.24) is 0 Å². The van der Waals surface area contributed by atoms with E-state index < -0.39 is 10.1 Å². The Morgan fingerprint density at radius 3 is 2.50 bits per heavy atom. The Morgan fingerprint density at radius 1 is 1.00 bits per heavy atom. The van der Waals surface area contributed by atoms with E-state index in [9.17, 15) is 8.42 Å². The van der Waals surface area contributed by atoms with Crippen LogP contribution in [0.15, 0.2) is 70.0 Å². The smallest absolute Gasteiger partial charge is 0.317 e. The van der Waals surface area contributed by atoms with E-state index in [1.165, 1.54) is 12.1 Å². The summed E-state index contributed by atoms with van der Waals surface area (Å²) in [5, 5.41) is 2.53. The molecule has 0 aliphatic carbocycles. The molecular weight excluding hydrogens is 374 g/mol. The molecule has 3 aromatic carbocycles. The quantitative estimate of drug-likeness (QED) is 0.482. The largest absolute Gasteiger partial charge is 0.442 e. The summed E-state index contributed by atoms with van der Waals surface area (Å²) in [5.41, 5.74) is 4.23. The zero-order chi connectivity index (χ0) is 18.3. The van der Waals surface area contributed by atoms with Crippen molar-refractivity contribution in [3.05, 3.63) is 71.4 Å². The van der Waals surface area contributed by atoms with Crippen LogP contribution in [-0.4, -0.2) is 8.42 Å². The number of rotatable bonds is 4. The molecule has 132 valence electrons. The zero-order valence-electron chi connectivity index (χ0n) is 13.7. The summed E-state index contributed by atoms with van der Waals surface area (Å²) in [6.07, 6.45) is 0. The third kappa shape index (κ3) is 2.92. The topological polar surface area (TPSA) is 68.5 Å². The maximum Gasteiger partial charge on any atom is 0.317 e. The maximum absolute atomic E-state index is 12.4. The van der Waals surface area contributed by atoms with Crippen LogP contribution in [0.4, 0.5) is 5.69 Å². The fourth-order valence-corrected chi connectivity index (χ4v) is 3.76. The number of furan rings is 1. The molecule has 7 heteroatoms. The Bertz CT molecular complexity index is 1210. The van der Waals surface area contributed by atoms with E-state index in [0.29, 0.717) is 11.0 Å². The van der Waals surface area contributed by atoms with Crippen LogP contribution in [0.3, 0.4) is 0 Å². The molecule has 0 spiro atoms. The highest BCUT2D eigenvalue weighted by Gasteiger charge is 2.20. The molecule has 0 unspecified atom stereocenters. The Hall–Kier alpha value is -2.54. The summed E-state index contributed by atoms with van der Waals surface area (Å²) in [6.45, 7) is 1.87. The second-order valence-electron chi connectivity index (χ2n) is 5.86. The second-order valence-corrected chi connectivity index (χ2v) is 7.75. The van der Waals surface area contributed by atoms with Gasteiger partial charge in [0.1, 0.15) is 11.3 Å². The number of benzene rings is 3. The van der Waals surface area contributed by atoms with Crippen LogP contribution in [0, 0.1) is 6.92 Å². The van der Waals surface area contributed by atoms with E-state index in [2.05, 4.69) is 5.48 Å². The molecule has 1 N–H and O–H groups in total. The van der Waals surface area contributed by atoms with Gasteiger partial charge in [-0.15, -0.1) is 4.28 Å². The van der Waals surface area contributed by atoms with Crippen molar-refractivity contribution in [2.24, 2.45) is 0 Å². The molecule has 0 aliphatic heterocycles. The average molecular weight is 388 g/mol. The third-order valence-electron chi connectivity index (χ3n) is 4.10. The highest BCUT2D eigenvalue weighted by molar-refractivity contribution is 7.86. The van der Waals surface area contributed by atoms with Gasteiger partial charge in [-0.1, -0.05) is 48.0 Å². The van der Waals surface area contributed by atoms with Crippen LogP contribution >= 0.6 is 11.6 Å². The molecule has 0 fully saturated rings. The summed E-state index contributed by atoms with van der Waals surface area (Å²) in [7, 11) is -4.00. The van der Waals surface area contributed by atoms with Crippen molar-refractivity contribution in [1.29, 1.82) is 0 Å². The van der Waals surface area contributed by atoms with E-state index in [1.807, 2.05) is 37.3 Å². The van der Waals surface area contributed by atoms with Crippen molar-refractivity contribution in [3.8, 4) is 0 Å². The molecule has 1 aromatic heterocycles. The van der Waals surface area contributed by atoms with Gasteiger partial charge in [-0.25, -0.2) is 5.48 Å². The molecule has 0 aliphatic rings. The highest BCUT2D eigenvalue weighted by Crippen LogP contribution is 2.39. The molecular formula is C19H14ClNO4S. The van der Waals surface area contributed by atoms with Gasteiger partial charge in [-0.3, -0.25) is 0 Å². The van der Waals surface area contributed by atoms with Crippen LogP contribution in [0.1, 0.15) is 5.56 Å². The summed E-state index contributed by atoms with van der Waals surface area (Å²) in [4.78, 5) is 0.0457. The monoisotopic (exact) mass is 387 g/mol. The fraction of sp³-hybridized carbons (Fsp3) is 0.0526. The van der Waals surface area contributed by atoms with Gasteiger partial charge in [-0.2, -0.15) is 8.42 Å². The minimum absolute atomic E-state index is 0.0236. The fourth-order valence-electron chi connectivity index (χ4n) is 2.78. The van der Waals surface area contributed by atoms with Gasteiger partial charge in [0.25, 0.3) is 0 Å². The molecule has 0 saturated heterocycles. The van der Waals surface area contributed by atoms with Gasteiger partial charge in [-0.05, 0) is 47.5 Å². The lowest BCUT2D eigenvalue weighted by Gasteiger charge is -2.08. The van der Waals surface area contributed by atoms with Crippen LogP contribution in [0.5, 0.6) is 0 Å². The maximum atomic E-state index is 12.4. The van der Waals surface area contributed by atoms with Gasteiger partial charge in [0.05, 0.1) is 10.3 Å². The Morgan fingerprint density at radius 2 is 1.73 bits per heavy atom. The summed E-state index contributed by atoms with van der Waals surface area (Å²) in [5.74, 6) is 0. The first-order valence-corrected chi connectivity index (χ1v) is 9.60. The number of anilines is 1. The van der Waals surface area contributed by atoms with E-state index in [0.717, 1.165) is 16.3 Å². The standard InChI is InChI=1S/C19H14ClNO4S/c1-12-6-9-14(10-7-12)26(22,23)25-21-18-17-15-5-3-2-4-13(15)8-11-16(17)24-19(18)20/h2-11,21H,1H3. The number of halogens is 1. The minimum atomic E-state index is -4.00. The first-order valence-electron chi connectivity index (χ1n) is 7.81. The molecule has 0 radical (unpaired) electrons. The van der Waals surface area contributed by atoms with Crippen LogP contribution in [-0.2, 0) is 14.4 Å². The van der Waals surface area contributed by atoms with Crippen LogP contribution in [0.2, 0.25) is 5.22 Å². The summed E-state index contributed by atoms with van der Waals surface area (Å²) < 4.78 is 35.3. The molecule has 0 saturated carbocycles. The van der Waals surface area contributed by atoms with Crippen LogP contribution in [0.25, 0.3) is 21.7 Å². The molecule has 4 aromatic rings. The van der Waals surface area contributed by atoms with Gasteiger partial charge in [0.2, 0.25) is 5.22 Å². The van der Waals surface area contributed by atoms with E-state index in [4.69, 9.17) is 20.3 Å². The first-order chi connectivity index (χ1) is 12.5. The van der Waals surface area contributed by atoms with Gasteiger partial charge >= 0.3 is 10.1 Å². The summed E-state index contributed by atoms with van der Waals surface area (Å²) in [6, 6.07) is 17.7. The third-order valence-corrected chi connectivity index (χ3v) is 5.52. The number of hydrogen-bond donors (Lipinski definition) is 1. The van der Waals surface area contributed by atoms with Crippen LogP contribution < -0.4 is 5.48 Å². The van der Waals surface area contributed by atoms with Crippen molar-refractivity contribution in [2.75, 3.05) is 5.48 Å². The minimum Gasteiger partial charge on any atom is -0.442 e. The van der Waals surface area contributed by atoms with Gasteiger partial charge in [0.15, 0.2) is 0 Å². The molecule has 26 heavy (non-hydrogen) atoms. The molecule has 0 bridgehead atoms. The lowest BCUT2D eigenvalue weighted by atomic mass is 10.1. The van der Waals surface area contributed by atoms with Crippen molar-refractivity contribution in [3.63, 3.8) is 0 Å². The second kappa shape index (κ2) is 6.32. The van der Waals surface area contributed by atoms with E-state index in [1.54, 1.807) is 18.2 Å². The Kier molecular flexibility index (Phi) is 4.11. The highest BCUT2D eigenvalue weighted by atomic mass is 35.5. The zero-order valence-corrected chi connectivity index (χ0v) is 15.3. The number of hydrogen-bond acceptors (Lipinski definition) is 5. The van der Waals surface area contributed by atoms with Crippen molar-refractivity contribution >= 4 is 49.1 Å². The lowest BCUT2D eigenvalue weighted by Crippen LogP contribution is -2.11. The number of nitrogens with one attached hydrogen (secondary N) is 1. The molecule has 1 heterocycles. The SMILES string of the molecule is Cc1ccc(S(=O)(=O)ONc2c(Cl)oc3ccc4ccccc4c23)cc1. The predicted molar refractivity (Wildman–Crippen MR) is 102 cm³/mol. The number of fused-ring (bicyclic) bond motifs is 3. The Labute approximate surface area is 155 Å². The normalized spacial score (nSPS) is 11.9. The van der Waals surface area contributed by atoms with Crippen molar-refractivity contribution in [2.45, 2.75) is 11.8 Å². The predicted octanol–water partition coefficient (Wildman–Crippen LogP) is 5.28. The molecule has 0 amide bonds. The average Bonchev–Trinajstić information content (AvgIpc) is 2.96.